The summed E-state index contributed by atoms with van der Waals surface area (Å²) in [5, 5.41) is 29.8. The third kappa shape index (κ3) is 5.89. The van der Waals surface area contributed by atoms with Gasteiger partial charge in [-0.2, -0.15) is 0 Å². The summed E-state index contributed by atoms with van der Waals surface area (Å²) in [7, 11) is 1.42. The number of carbonyl (C=O) groups excluding carboxylic acids is 1. The van der Waals surface area contributed by atoms with E-state index in [9.17, 15) is 20.1 Å². The van der Waals surface area contributed by atoms with Crippen LogP contribution >= 0.6 is 0 Å². The molecule has 0 aliphatic carbocycles. The summed E-state index contributed by atoms with van der Waals surface area (Å²) in [4.78, 5) is 12.3. The summed E-state index contributed by atoms with van der Waals surface area (Å²) in [6.07, 6.45) is 0.775. The van der Waals surface area contributed by atoms with Crippen LogP contribution in [-0.4, -0.2) is 86.2 Å². The van der Waals surface area contributed by atoms with E-state index >= 15 is 0 Å². The number of rotatable bonds is 8. The number of hydrogen-bond acceptors (Lipinski definition) is 6. The van der Waals surface area contributed by atoms with Crippen LogP contribution in [0.25, 0.3) is 0 Å². The van der Waals surface area contributed by atoms with Gasteiger partial charge in [0.2, 0.25) is 0 Å². The average Bonchev–Trinajstić information content (AvgIpc) is 2.58. The van der Waals surface area contributed by atoms with E-state index in [0.717, 1.165) is 0 Å². The number of hydrogen-bond donors (Lipinski definition) is 3. The summed E-state index contributed by atoms with van der Waals surface area (Å²) in [5.74, 6) is 0.00693. The van der Waals surface area contributed by atoms with Crippen LogP contribution in [0.2, 0.25) is 0 Å². The maximum absolute atomic E-state index is 12.3. The predicted octanol–water partition coefficient (Wildman–Crippen LogP) is 2.58. The summed E-state index contributed by atoms with van der Waals surface area (Å²) >= 11 is 0. The third-order valence-electron chi connectivity index (χ3n) is 3.69. The molecule has 1 radical (unpaired) electrons. The Hall–Kier alpha value is -1.25. The molecular weight excluding hydrogens is 363 g/mol. The first-order chi connectivity index (χ1) is 12.0. The van der Waals surface area contributed by atoms with E-state index in [-0.39, 0.29) is 98.6 Å². The molecule has 0 aliphatic rings. The molecule has 0 aromatic heterocycles. The van der Waals surface area contributed by atoms with Crippen LogP contribution < -0.4 is 9.47 Å². The molecule has 26 heavy (non-hydrogen) atoms. The minimum atomic E-state index is -0.228. The Bertz CT molecular complexity index is 737. The molecule has 2 rings (SSSR count). The molecule has 0 spiro atoms. The number of methoxy groups -OCH3 is 1. The molecule has 2 aromatic rings. The van der Waals surface area contributed by atoms with Crippen molar-refractivity contribution in [3.8, 4) is 28.7 Å². The molecule has 0 amide bonds. The van der Waals surface area contributed by atoms with Gasteiger partial charge in [-0.1, -0.05) is 0 Å². The first kappa shape index (κ1) is 22.8. The van der Waals surface area contributed by atoms with E-state index in [2.05, 4.69) is 6.92 Å². The van der Waals surface area contributed by atoms with Crippen molar-refractivity contribution in [3.05, 3.63) is 48.4 Å². The molecule has 0 saturated carbocycles. The molecule has 0 bridgehead atoms. The van der Waals surface area contributed by atoms with Crippen LogP contribution in [-0.2, 0) is 6.42 Å². The zero-order chi connectivity index (χ0) is 18.4. The fourth-order valence-electron chi connectivity index (χ4n) is 2.39. The second-order valence-electron chi connectivity index (χ2n) is 5.45. The summed E-state index contributed by atoms with van der Waals surface area (Å²) in [6.45, 7) is 4.02. The summed E-state index contributed by atoms with van der Waals surface area (Å²) in [6, 6.07) is 7.18. The molecule has 0 unspecified atom stereocenters. The Morgan fingerprint density at radius 3 is 2.27 bits per heavy atom. The summed E-state index contributed by atoms with van der Waals surface area (Å²) in [5.41, 5.74) is 0.598. The molecule has 135 valence electrons. The number of benzene rings is 2. The minimum absolute atomic E-state index is 0. The molecular formula is C19H22KO6. The van der Waals surface area contributed by atoms with Gasteiger partial charge in [-0.15, -0.1) is 0 Å². The number of aromatic hydroxyl groups is 3. The summed E-state index contributed by atoms with van der Waals surface area (Å²) < 4.78 is 10.2. The molecule has 0 heterocycles. The SMILES string of the molecule is [CH2]CCOc1cc(O)c(CCC(=O)c2ccc(OC)c(O)c2)c(O)c1.[KH]. The zero-order valence-corrected chi connectivity index (χ0v) is 14.0. The fraction of sp³-hybridized carbons (Fsp3) is 0.263. The van der Waals surface area contributed by atoms with Gasteiger partial charge in [-0.25, -0.2) is 0 Å². The van der Waals surface area contributed by atoms with Gasteiger partial charge in [0.1, 0.15) is 17.2 Å². The van der Waals surface area contributed by atoms with E-state index in [0.29, 0.717) is 24.3 Å². The van der Waals surface area contributed by atoms with Gasteiger partial charge < -0.3 is 24.8 Å². The van der Waals surface area contributed by atoms with Crippen molar-refractivity contribution < 1.29 is 29.6 Å². The zero-order valence-electron chi connectivity index (χ0n) is 14.0. The van der Waals surface area contributed by atoms with Crippen LogP contribution in [0.1, 0.15) is 28.8 Å². The third-order valence-corrected chi connectivity index (χ3v) is 3.69. The van der Waals surface area contributed by atoms with Crippen molar-refractivity contribution in [2.75, 3.05) is 13.7 Å². The van der Waals surface area contributed by atoms with Gasteiger partial charge in [0.25, 0.3) is 0 Å². The molecule has 7 heteroatoms. The monoisotopic (exact) mass is 385 g/mol. The molecule has 2 aromatic carbocycles. The van der Waals surface area contributed by atoms with Crippen LogP contribution in [0.5, 0.6) is 28.7 Å². The molecule has 0 aliphatic heterocycles. The van der Waals surface area contributed by atoms with Crippen LogP contribution in [0.3, 0.4) is 0 Å². The molecule has 0 saturated heterocycles. The second kappa shape index (κ2) is 10.8. The van der Waals surface area contributed by atoms with E-state index in [4.69, 9.17) is 9.47 Å². The van der Waals surface area contributed by atoms with Crippen molar-refractivity contribution in [2.45, 2.75) is 19.3 Å². The second-order valence-corrected chi connectivity index (χ2v) is 5.45. The van der Waals surface area contributed by atoms with Crippen LogP contribution in [0.4, 0.5) is 0 Å². The van der Waals surface area contributed by atoms with E-state index in [1.54, 1.807) is 6.07 Å². The predicted molar refractivity (Wildman–Crippen MR) is 99.7 cm³/mol. The fourth-order valence-corrected chi connectivity index (χ4v) is 2.39. The number of carbonyl (C=O) groups is 1. The van der Waals surface area contributed by atoms with Gasteiger partial charge in [0.05, 0.1) is 13.7 Å². The molecule has 6 nitrogen and oxygen atoms in total. The normalized spacial score (nSPS) is 10.1. The van der Waals surface area contributed by atoms with Crippen molar-refractivity contribution >= 4 is 57.2 Å². The van der Waals surface area contributed by atoms with E-state index in [1.807, 2.05) is 0 Å². The maximum atomic E-state index is 12.3. The number of ether oxygens (including phenoxy) is 2. The van der Waals surface area contributed by atoms with Crippen molar-refractivity contribution in [1.82, 2.24) is 0 Å². The van der Waals surface area contributed by atoms with Gasteiger partial charge in [-0.3, -0.25) is 4.79 Å². The first-order valence-corrected chi connectivity index (χ1v) is 7.83. The molecule has 0 fully saturated rings. The standard InChI is InChI=1S/C19H21O6.K.H/c1-3-8-25-13-10-16(21)14(17(22)11-13)5-6-15(20)12-4-7-19(24-2)18(23)9-12;;/h4,7,9-11,21-23H,1,3,5-6,8H2,2H3;;. The number of Topliss-reactive ketones (excluding diaryl/α,β-unsaturated/α-hetero) is 1. The Morgan fingerprint density at radius 1 is 1.08 bits per heavy atom. The average molecular weight is 385 g/mol. The number of phenols is 3. The Morgan fingerprint density at radius 2 is 1.73 bits per heavy atom. The Labute approximate surface area is 195 Å². The first-order valence-electron chi connectivity index (χ1n) is 7.83. The van der Waals surface area contributed by atoms with Gasteiger partial charge in [-0.05, 0) is 38.0 Å². The number of ketones is 1. The van der Waals surface area contributed by atoms with Gasteiger partial charge >= 0.3 is 51.4 Å². The van der Waals surface area contributed by atoms with E-state index in [1.165, 1.54) is 31.4 Å². The topological polar surface area (TPSA) is 96.2 Å². The molecule has 3 N–H and O–H groups in total. The Balaban J connectivity index is 0.00000338. The van der Waals surface area contributed by atoms with Crippen LogP contribution in [0.15, 0.2) is 30.3 Å². The Kier molecular flexibility index (Phi) is 9.46. The van der Waals surface area contributed by atoms with Gasteiger partial charge in [0, 0.05) is 29.7 Å². The van der Waals surface area contributed by atoms with Crippen LogP contribution in [0, 0.1) is 6.92 Å². The van der Waals surface area contributed by atoms with Crippen molar-refractivity contribution in [1.29, 1.82) is 0 Å². The molecule has 0 atom stereocenters. The number of phenolic OH excluding ortho intramolecular Hbond substituents is 3. The quantitative estimate of drug-likeness (QED) is 0.477. The van der Waals surface area contributed by atoms with E-state index < -0.39 is 0 Å². The van der Waals surface area contributed by atoms with Gasteiger partial charge in [0.15, 0.2) is 17.3 Å². The van der Waals surface area contributed by atoms with Crippen molar-refractivity contribution in [3.63, 3.8) is 0 Å². The van der Waals surface area contributed by atoms with Crippen molar-refractivity contribution in [2.24, 2.45) is 0 Å².